The molecule has 0 aliphatic carbocycles. The Morgan fingerprint density at radius 3 is 1.97 bits per heavy atom. The fourth-order valence-electron chi connectivity index (χ4n) is 4.78. The minimum atomic E-state index is -2.80. The van der Waals surface area contributed by atoms with Crippen molar-refractivity contribution in [2.75, 3.05) is 6.61 Å². The molecule has 2 aromatic carbocycles. The van der Waals surface area contributed by atoms with Crippen molar-refractivity contribution in [2.45, 2.75) is 70.2 Å². The standard InChI is InChI=1S/C25H32O5Si/c1-24(2,3)31(18-12-8-6-9-13-18,19-14-10-7-11-15-19)30-20-16-22(26)28-23(20)21-17-27-25(4,5)29-21/h6-15,20-21,23H,16-17H2,1-5H3/t20-,21-,23+/m1/s1. The molecule has 0 bridgehead atoms. The molecule has 0 N–H and O–H groups in total. The van der Waals surface area contributed by atoms with E-state index < -0.39 is 26.3 Å². The number of esters is 1. The molecule has 4 rings (SSSR count). The van der Waals surface area contributed by atoms with E-state index in [1.807, 2.05) is 26.0 Å². The highest BCUT2D eigenvalue weighted by Gasteiger charge is 2.56. The zero-order valence-electron chi connectivity index (χ0n) is 19.0. The molecule has 0 radical (unpaired) electrons. The molecule has 2 aliphatic rings. The van der Waals surface area contributed by atoms with E-state index in [2.05, 4.69) is 69.3 Å². The van der Waals surface area contributed by atoms with Crippen LogP contribution in [-0.2, 0) is 23.4 Å². The van der Waals surface area contributed by atoms with E-state index in [0.29, 0.717) is 6.61 Å². The van der Waals surface area contributed by atoms with Crippen LogP contribution in [0.1, 0.15) is 41.0 Å². The predicted molar refractivity (Wildman–Crippen MR) is 122 cm³/mol. The first-order valence-electron chi connectivity index (χ1n) is 10.9. The summed E-state index contributed by atoms with van der Waals surface area (Å²) in [5.74, 6) is -0.942. The number of hydrogen-bond donors (Lipinski definition) is 0. The number of carbonyl (C=O) groups excluding carboxylic acids is 1. The van der Waals surface area contributed by atoms with Crippen molar-refractivity contribution in [1.29, 1.82) is 0 Å². The Bertz CT molecular complexity index is 867. The Balaban J connectivity index is 1.78. The summed E-state index contributed by atoms with van der Waals surface area (Å²) >= 11 is 0. The van der Waals surface area contributed by atoms with Crippen molar-refractivity contribution < 1.29 is 23.4 Å². The van der Waals surface area contributed by atoms with Gasteiger partial charge in [-0.3, -0.25) is 4.79 Å². The largest absolute Gasteiger partial charge is 0.457 e. The fourth-order valence-corrected chi connectivity index (χ4v) is 9.46. The van der Waals surface area contributed by atoms with Crippen molar-refractivity contribution >= 4 is 24.7 Å². The lowest BCUT2D eigenvalue weighted by Crippen LogP contribution is -2.68. The van der Waals surface area contributed by atoms with Crippen LogP contribution in [0.25, 0.3) is 0 Å². The van der Waals surface area contributed by atoms with Gasteiger partial charge in [-0.15, -0.1) is 0 Å². The Morgan fingerprint density at radius 1 is 0.968 bits per heavy atom. The summed E-state index contributed by atoms with van der Waals surface area (Å²) in [5, 5.41) is 2.17. The highest BCUT2D eigenvalue weighted by atomic mass is 28.4. The zero-order chi connectivity index (χ0) is 22.3. The second-order valence-electron chi connectivity index (χ2n) is 9.85. The molecule has 0 spiro atoms. The van der Waals surface area contributed by atoms with Gasteiger partial charge in [0, 0.05) is 0 Å². The summed E-state index contributed by atoms with van der Waals surface area (Å²) in [4.78, 5) is 12.4. The van der Waals surface area contributed by atoms with Gasteiger partial charge in [-0.2, -0.15) is 0 Å². The first-order chi connectivity index (χ1) is 14.6. The lowest BCUT2D eigenvalue weighted by molar-refractivity contribution is -0.165. The van der Waals surface area contributed by atoms with E-state index in [9.17, 15) is 4.79 Å². The third-order valence-electron chi connectivity index (χ3n) is 6.14. The molecule has 166 valence electrons. The first-order valence-corrected chi connectivity index (χ1v) is 12.8. The van der Waals surface area contributed by atoms with E-state index in [4.69, 9.17) is 18.6 Å². The van der Waals surface area contributed by atoms with Crippen molar-refractivity contribution in [3.8, 4) is 0 Å². The summed E-state index contributed by atoms with van der Waals surface area (Å²) < 4.78 is 24.7. The third-order valence-corrected chi connectivity index (χ3v) is 11.2. The van der Waals surface area contributed by atoms with Gasteiger partial charge in [-0.05, 0) is 29.3 Å². The maximum atomic E-state index is 12.4. The van der Waals surface area contributed by atoms with Crippen molar-refractivity contribution in [2.24, 2.45) is 0 Å². The van der Waals surface area contributed by atoms with Crippen LogP contribution in [0.4, 0.5) is 0 Å². The summed E-state index contributed by atoms with van der Waals surface area (Å²) in [6.45, 7) is 10.8. The van der Waals surface area contributed by atoms with Gasteiger partial charge >= 0.3 is 5.97 Å². The van der Waals surface area contributed by atoms with E-state index >= 15 is 0 Å². The van der Waals surface area contributed by atoms with Gasteiger partial charge in [-0.25, -0.2) is 0 Å². The molecule has 0 amide bonds. The number of carbonyl (C=O) groups is 1. The Hall–Kier alpha value is -1.99. The SMILES string of the molecule is CC1(C)OC[C@H]([C@H]2OC(=O)C[C@H]2O[Si](c2ccccc2)(c2ccccc2)C(C)(C)C)O1. The average molecular weight is 441 g/mol. The second-order valence-corrected chi connectivity index (χ2v) is 14.1. The summed E-state index contributed by atoms with van der Waals surface area (Å²) in [7, 11) is -2.80. The van der Waals surface area contributed by atoms with Crippen LogP contribution in [0.3, 0.4) is 0 Å². The van der Waals surface area contributed by atoms with Crippen LogP contribution < -0.4 is 10.4 Å². The van der Waals surface area contributed by atoms with Crippen LogP contribution in [0.15, 0.2) is 60.7 Å². The van der Waals surface area contributed by atoms with Crippen LogP contribution in [0.5, 0.6) is 0 Å². The highest BCUT2D eigenvalue weighted by molar-refractivity contribution is 6.99. The normalized spacial score (nSPS) is 26.1. The third kappa shape index (κ3) is 4.22. The number of benzene rings is 2. The molecule has 2 aromatic rings. The molecule has 31 heavy (non-hydrogen) atoms. The molecule has 2 heterocycles. The van der Waals surface area contributed by atoms with Gasteiger partial charge in [0.2, 0.25) is 0 Å². The van der Waals surface area contributed by atoms with Gasteiger partial charge < -0.3 is 18.6 Å². The molecule has 0 saturated carbocycles. The molecule has 2 saturated heterocycles. The van der Waals surface area contributed by atoms with E-state index in [1.165, 1.54) is 10.4 Å². The summed E-state index contributed by atoms with van der Waals surface area (Å²) in [6, 6.07) is 20.9. The second kappa shape index (κ2) is 8.17. The Labute approximate surface area is 185 Å². The molecule has 0 aromatic heterocycles. The minimum absolute atomic E-state index is 0.182. The van der Waals surface area contributed by atoms with E-state index in [-0.39, 0.29) is 23.5 Å². The maximum Gasteiger partial charge on any atom is 0.308 e. The van der Waals surface area contributed by atoms with Gasteiger partial charge in [0.05, 0.1) is 19.1 Å². The van der Waals surface area contributed by atoms with Gasteiger partial charge in [0.15, 0.2) is 11.9 Å². The number of cyclic esters (lactones) is 1. The topological polar surface area (TPSA) is 54.0 Å². The monoisotopic (exact) mass is 440 g/mol. The van der Waals surface area contributed by atoms with Crippen LogP contribution in [0, 0.1) is 0 Å². The number of ether oxygens (including phenoxy) is 3. The minimum Gasteiger partial charge on any atom is -0.457 e. The maximum absolute atomic E-state index is 12.4. The van der Waals surface area contributed by atoms with Crippen LogP contribution in [-0.4, -0.2) is 45.0 Å². The van der Waals surface area contributed by atoms with Crippen molar-refractivity contribution in [3.63, 3.8) is 0 Å². The number of rotatable bonds is 5. The fraction of sp³-hybridized carbons (Fsp3) is 0.480. The molecule has 3 atom stereocenters. The van der Waals surface area contributed by atoms with Gasteiger partial charge in [0.1, 0.15) is 6.10 Å². The van der Waals surface area contributed by atoms with Gasteiger partial charge in [0.25, 0.3) is 8.32 Å². The molecular weight excluding hydrogens is 408 g/mol. The van der Waals surface area contributed by atoms with Crippen LogP contribution >= 0.6 is 0 Å². The highest BCUT2D eigenvalue weighted by Crippen LogP contribution is 2.40. The molecular formula is C25H32O5Si. The predicted octanol–water partition coefficient (Wildman–Crippen LogP) is 3.40. The summed E-state index contributed by atoms with van der Waals surface area (Å²) in [6.07, 6.45) is -1.02. The van der Waals surface area contributed by atoms with E-state index in [1.54, 1.807) is 0 Å². The van der Waals surface area contributed by atoms with Gasteiger partial charge in [-0.1, -0.05) is 81.4 Å². The van der Waals surface area contributed by atoms with Crippen LogP contribution in [0.2, 0.25) is 5.04 Å². The first kappa shape index (κ1) is 22.2. The molecule has 2 aliphatic heterocycles. The summed E-state index contributed by atoms with van der Waals surface area (Å²) in [5.41, 5.74) is 0. The average Bonchev–Trinajstić information content (AvgIpc) is 3.27. The van der Waals surface area contributed by atoms with E-state index in [0.717, 1.165) is 0 Å². The Morgan fingerprint density at radius 2 is 1.52 bits per heavy atom. The molecule has 2 fully saturated rings. The lowest BCUT2D eigenvalue weighted by Gasteiger charge is -2.45. The quantitative estimate of drug-likeness (QED) is 0.527. The molecule has 6 heteroatoms. The van der Waals surface area contributed by atoms with Crippen molar-refractivity contribution in [3.05, 3.63) is 60.7 Å². The zero-order valence-corrected chi connectivity index (χ0v) is 20.0. The Kier molecular flexibility index (Phi) is 5.85. The van der Waals surface area contributed by atoms with Crippen molar-refractivity contribution in [1.82, 2.24) is 0 Å². The molecule has 5 nitrogen and oxygen atoms in total. The lowest BCUT2D eigenvalue weighted by atomic mass is 10.1. The number of hydrogen-bond acceptors (Lipinski definition) is 5. The molecule has 0 unspecified atom stereocenters. The smallest absolute Gasteiger partial charge is 0.308 e.